The molecule has 26 heavy (non-hydrogen) atoms. The van der Waals surface area contributed by atoms with Crippen molar-refractivity contribution in [1.82, 2.24) is 4.57 Å². The second kappa shape index (κ2) is 8.11. The highest BCUT2D eigenvalue weighted by molar-refractivity contribution is 6.33. The van der Waals surface area contributed by atoms with E-state index in [4.69, 9.17) is 16.3 Å². The monoisotopic (exact) mass is 368 g/mol. The van der Waals surface area contributed by atoms with Crippen LogP contribution in [0.3, 0.4) is 0 Å². The van der Waals surface area contributed by atoms with Crippen LogP contribution in [-0.2, 0) is 4.79 Å². The van der Waals surface area contributed by atoms with Gasteiger partial charge in [-0.15, -0.1) is 0 Å². The first-order valence-corrected chi connectivity index (χ1v) is 8.77. The predicted octanol–water partition coefficient (Wildman–Crippen LogP) is 5.08. The van der Waals surface area contributed by atoms with Crippen LogP contribution in [0.25, 0.3) is 0 Å². The minimum absolute atomic E-state index is 0.0923. The third kappa shape index (κ3) is 4.27. The van der Waals surface area contributed by atoms with Crippen molar-refractivity contribution < 1.29 is 9.53 Å². The zero-order valence-corrected chi connectivity index (χ0v) is 15.5. The minimum Gasteiger partial charge on any atom is -0.497 e. The average molecular weight is 369 g/mol. The summed E-state index contributed by atoms with van der Waals surface area (Å²) >= 11 is 6.23. The van der Waals surface area contributed by atoms with Crippen LogP contribution in [0.5, 0.6) is 5.75 Å². The molecular weight excluding hydrogens is 348 g/mol. The predicted molar refractivity (Wildman–Crippen MR) is 105 cm³/mol. The SMILES string of the molecule is COc1ccc(C(CC(=O)Nc2ccc(C)cc2Cl)n2cccc2)cc1. The van der Waals surface area contributed by atoms with Crippen molar-refractivity contribution in [2.75, 3.05) is 12.4 Å². The number of carbonyl (C=O) groups excluding carboxylic acids is 1. The topological polar surface area (TPSA) is 43.3 Å². The van der Waals surface area contributed by atoms with E-state index in [1.54, 1.807) is 7.11 Å². The minimum atomic E-state index is -0.111. The molecule has 0 spiro atoms. The Morgan fingerprint density at radius 1 is 1.15 bits per heavy atom. The van der Waals surface area contributed by atoms with E-state index in [1.807, 2.05) is 78.5 Å². The number of methoxy groups -OCH3 is 1. The number of halogens is 1. The molecule has 0 bridgehead atoms. The van der Waals surface area contributed by atoms with Crippen LogP contribution in [0.4, 0.5) is 5.69 Å². The van der Waals surface area contributed by atoms with Crippen molar-refractivity contribution in [3.63, 3.8) is 0 Å². The molecule has 3 rings (SSSR count). The number of nitrogens with zero attached hydrogens (tertiary/aromatic N) is 1. The summed E-state index contributed by atoms with van der Waals surface area (Å²) in [4.78, 5) is 12.6. The van der Waals surface area contributed by atoms with Gasteiger partial charge in [-0.1, -0.05) is 29.8 Å². The highest BCUT2D eigenvalue weighted by Gasteiger charge is 2.18. The molecule has 0 aliphatic rings. The number of hydrogen-bond acceptors (Lipinski definition) is 2. The summed E-state index contributed by atoms with van der Waals surface area (Å²) < 4.78 is 7.25. The lowest BCUT2D eigenvalue weighted by Crippen LogP contribution is -2.19. The summed E-state index contributed by atoms with van der Waals surface area (Å²) in [5.41, 5.74) is 2.71. The summed E-state index contributed by atoms with van der Waals surface area (Å²) in [6.07, 6.45) is 4.22. The Morgan fingerprint density at radius 3 is 2.46 bits per heavy atom. The fraction of sp³-hybridized carbons (Fsp3) is 0.190. The van der Waals surface area contributed by atoms with E-state index in [0.29, 0.717) is 17.1 Å². The molecule has 0 fully saturated rings. The number of amides is 1. The number of ether oxygens (including phenoxy) is 1. The lowest BCUT2D eigenvalue weighted by atomic mass is 10.0. The Hall–Kier alpha value is -2.72. The quantitative estimate of drug-likeness (QED) is 0.659. The molecule has 1 aromatic heterocycles. The van der Waals surface area contributed by atoms with Crippen LogP contribution in [0.2, 0.25) is 5.02 Å². The Morgan fingerprint density at radius 2 is 1.85 bits per heavy atom. The second-order valence-corrected chi connectivity index (χ2v) is 6.56. The zero-order valence-electron chi connectivity index (χ0n) is 14.8. The van der Waals surface area contributed by atoms with E-state index in [-0.39, 0.29) is 11.9 Å². The fourth-order valence-electron chi connectivity index (χ4n) is 2.88. The number of benzene rings is 2. The molecule has 1 amide bonds. The van der Waals surface area contributed by atoms with Crippen molar-refractivity contribution >= 4 is 23.2 Å². The fourth-order valence-corrected chi connectivity index (χ4v) is 3.16. The van der Waals surface area contributed by atoms with Crippen LogP contribution in [0.15, 0.2) is 67.0 Å². The number of aromatic nitrogens is 1. The Kier molecular flexibility index (Phi) is 5.64. The van der Waals surface area contributed by atoms with Gasteiger partial charge in [-0.3, -0.25) is 4.79 Å². The van der Waals surface area contributed by atoms with Crippen LogP contribution < -0.4 is 10.1 Å². The highest BCUT2D eigenvalue weighted by Crippen LogP contribution is 2.27. The Labute approximate surface area is 158 Å². The molecule has 5 heteroatoms. The third-order valence-corrected chi connectivity index (χ3v) is 4.58. The molecule has 1 heterocycles. The molecule has 0 aliphatic heterocycles. The lowest BCUT2D eigenvalue weighted by Gasteiger charge is -2.20. The second-order valence-electron chi connectivity index (χ2n) is 6.15. The third-order valence-electron chi connectivity index (χ3n) is 4.27. The average Bonchev–Trinajstić information content (AvgIpc) is 3.17. The van der Waals surface area contributed by atoms with Gasteiger partial charge in [0.15, 0.2) is 0 Å². The largest absolute Gasteiger partial charge is 0.497 e. The molecule has 1 unspecified atom stereocenters. The highest BCUT2D eigenvalue weighted by atomic mass is 35.5. The summed E-state index contributed by atoms with van der Waals surface area (Å²) in [6, 6.07) is 17.1. The van der Waals surface area contributed by atoms with E-state index >= 15 is 0 Å². The van der Waals surface area contributed by atoms with E-state index in [9.17, 15) is 4.79 Å². The normalized spacial score (nSPS) is 11.8. The zero-order chi connectivity index (χ0) is 18.5. The van der Waals surface area contributed by atoms with E-state index in [2.05, 4.69) is 5.32 Å². The first-order chi connectivity index (χ1) is 12.6. The molecule has 134 valence electrons. The number of hydrogen-bond donors (Lipinski definition) is 1. The van der Waals surface area contributed by atoms with Crippen molar-refractivity contribution in [2.45, 2.75) is 19.4 Å². The molecule has 0 saturated heterocycles. The van der Waals surface area contributed by atoms with Gasteiger partial charge in [0.1, 0.15) is 5.75 Å². The Balaban J connectivity index is 1.80. The summed E-state index contributed by atoms with van der Waals surface area (Å²) in [6.45, 7) is 1.96. The van der Waals surface area contributed by atoms with Gasteiger partial charge in [-0.2, -0.15) is 0 Å². The van der Waals surface area contributed by atoms with Gasteiger partial charge in [0.2, 0.25) is 5.91 Å². The van der Waals surface area contributed by atoms with Crippen molar-refractivity contribution in [2.24, 2.45) is 0 Å². The van der Waals surface area contributed by atoms with E-state index < -0.39 is 0 Å². The van der Waals surface area contributed by atoms with E-state index in [0.717, 1.165) is 16.9 Å². The molecule has 0 saturated carbocycles. The molecule has 4 nitrogen and oxygen atoms in total. The van der Waals surface area contributed by atoms with Gasteiger partial charge in [0, 0.05) is 12.4 Å². The molecule has 0 radical (unpaired) electrons. The number of rotatable bonds is 6. The lowest BCUT2D eigenvalue weighted by molar-refractivity contribution is -0.116. The van der Waals surface area contributed by atoms with Gasteiger partial charge >= 0.3 is 0 Å². The Bertz CT molecular complexity index is 874. The molecule has 0 aliphatic carbocycles. The van der Waals surface area contributed by atoms with Gasteiger partial charge < -0.3 is 14.6 Å². The van der Waals surface area contributed by atoms with E-state index in [1.165, 1.54) is 0 Å². The smallest absolute Gasteiger partial charge is 0.226 e. The van der Waals surface area contributed by atoms with Crippen molar-refractivity contribution in [3.05, 3.63) is 83.1 Å². The van der Waals surface area contributed by atoms with Gasteiger partial charge in [0.05, 0.1) is 30.3 Å². The molecule has 1 atom stereocenters. The number of carbonyl (C=O) groups is 1. The summed E-state index contributed by atoms with van der Waals surface area (Å²) in [7, 11) is 1.64. The maximum Gasteiger partial charge on any atom is 0.226 e. The van der Waals surface area contributed by atoms with Crippen molar-refractivity contribution in [1.29, 1.82) is 0 Å². The van der Waals surface area contributed by atoms with Crippen LogP contribution in [-0.4, -0.2) is 17.6 Å². The molecule has 3 aromatic rings. The van der Waals surface area contributed by atoms with Crippen LogP contribution in [0.1, 0.15) is 23.6 Å². The first kappa shape index (κ1) is 18.1. The molecular formula is C21H21ClN2O2. The van der Waals surface area contributed by atoms with Gasteiger partial charge in [0.25, 0.3) is 0 Å². The van der Waals surface area contributed by atoms with Crippen LogP contribution in [0, 0.1) is 6.92 Å². The summed E-state index contributed by atoms with van der Waals surface area (Å²) in [5, 5.41) is 3.46. The maximum absolute atomic E-state index is 12.6. The molecule has 1 N–H and O–H groups in total. The first-order valence-electron chi connectivity index (χ1n) is 8.39. The van der Waals surface area contributed by atoms with Crippen LogP contribution >= 0.6 is 11.6 Å². The van der Waals surface area contributed by atoms with Gasteiger partial charge in [-0.25, -0.2) is 0 Å². The number of aryl methyl sites for hydroxylation is 1. The standard InChI is InChI=1S/C21H21ClN2O2/c1-15-5-10-19(18(22)13-15)23-21(25)14-20(24-11-3-4-12-24)16-6-8-17(26-2)9-7-16/h3-13,20H,14H2,1-2H3,(H,23,25). The maximum atomic E-state index is 12.6. The summed E-state index contributed by atoms with van der Waals surface area (Å²) in [5.74, 6) is 0.696. The van der Waals surface area contributed by atoms with Gasteiger partial charge in [-0.05, 0) is 54.4 Å². The number of nitrogens with one attached hydrogen (secondary N) is 1. The van der Waals surface area contributed by atoms with Crippen molar-refractivity contribution in [3.8, 4) is 5.75 Å². The number of anilines is 1. The molecule has 2 aromatic carbocycles.